The maximum atomic E-state index is 13.0. The molecule has 3 aromatic rings. The van der Waals surface area contributed by atoms with E-state index in [9.17, 15) is 14.7 Å². The van der Waals surface area contributed by atoms with E-state index < -0.39 is 5.97 Å². The number of pyridine rings is 1. The molecule has 4 heterocycles. The number of carbonyl (C=O) groups is 2. The van der Waals surface area contributed by atoms with Gasteiger partial charge in [0.1, 0.15) is 11.5 Å². The van der Waals surface area contributed by atoms with E-state index in [0.717, 1.165) is 24.8 Å². The lowest BCUT2D eigenvalue weighted by molar-refractivity contribution is 0.0679. The third-order valence-electron chi connectivity index (χ3n) is 4.66. The number of hydrogen-bond donors (Lipinski definition) is 1. The Morgan fingerprint density at radius 3 is 2.92 bits per heavy atom. The largest absolute Gasteiger partial charge is 0.476 e. The number of likely N-dealkylation sites (tertiary alicyclic amines) is 1. The SMILES string of the molecule is O=C(O)c1ncoc1C1CCCN(C(=O)c2cccc3cccn23)C1. The molecule has 25 heavy (non-hydrogen) atoms. The predicted octanol–water partition coefficient (Wildman–Crippen LogP) is 2.65. The first-order valence-electron chi connectivity index (χ1n) is 8.17. The zero-order valence-electron chi connectivity index (χ0n) is 13.5. The van der Waals surface area contributed by atoms with Crippen molar-refractivity contribution in [1.29, 1.82) is 0 Å². The first-order valence-corrected chi connectivity index (χ1v) is 8.17. The smallest absolute Gasteiger partial charge is 0.358 e. The molecule has 0 saturated carbocycles. The molecular weight excluding hydrogens is 322 g/mol. The average Bonchev–Trinajstić information content (AvgIpc) is 3.30. The van der Waals surface area contributed by atoms with Gasteiger partial charge in [0, 0.05) is 30.7 Å². The Morgan fingerprint density at radius 2 is 2.08 bits per heavy atom. The summed E-state index contributed by atoms with van der Waals surface area (Å²) in [5.74, 6) is -0.980. The van der Waals surface area contributed by atoms with Crippen LogP contribution < -0.4 is 0 Å². The monoisotopic (exact) mass is 339 g/mol. The molecule has 0 radical (unpaired) electrons. The summed E-state index contributed by atoms with van der Waals surface area (Å²) in [4.78, 5) is 29.8. The number of nitrogens with zero attached hydrogens (tertiary/aromatic N) is 3. The van der Waals surface area contributed by atoms with Crippen LogP contribution in [0, 0.1) is 0 Å². The highest BCUT2D eigenvalue weighted by molar-refractivity contribution is 5.93. The van der Waals surface area contributed by atoms with Crippen molar-refractivity contribution in [1.82, 2.24) is 14.3 Å². The van der Waals surface area contributed by atoms with Crippen molar-refractivity contribution >= 4 is 17.4 Å². The lowest BCUT2D eigenvalue weighted by Crippen LogP contribution is -2.40. The van der Waals surface area contributed by atoms with Crippen LogP contribution >= 0.6 is 0 Å². The van der Waals surface area contributed by atoms with E-state index in [-0.39, 0.29) is 17.5 Å². The molecule has 1 fully saturated rings. The van der Waals surface area contributed by atoms with Gasteiger partial charge in [-0.3, -0.25) is 4.79 Å². The number of rotatable bonds is 3. The fourth-order valence-electron chi connectivity index (χ4n) is 3.48. The molecular formula is C18H17N3O4. The molecule has 0 bridgehead atoms. The topological polar surface area (TPSA) is 88.0 Å². The first-order chi connectivity index (χ1) is 12.1. The Bertz CT molecular complexity index is 943. The van der Waals surface area contributed by atoms with Gasteiger partial charge in [-0.2, -0.15) is 0 Å². The number of aromatic carboxylic acids is 1. The summed E-state index contributed by atoms with van der Waals surface area (Å²) in [5, 5.41) is 9.23. The highest BCUT2D eigenvalue weighted by atomic mass is 16.4. The number of amides is 1. The fourth-order valence-corrected chi connectivity index (χ4v) is 3.48. The number of piperidine rings is 1. The molecule has 7 nitrogen and oxygen atoms in total. The van der Waals surface area contributed by atoms with E-state index in [1.54, 1.807) is 11.0 Å². The van der Waals surface area contributed by atoms with E-state index >= 15 is 0 Å². The Morgan fingerprint density at radius 1 is 1.24 bits per heavy atom. The third-order valence-corrected chi connectivity index (χ3v) is 4.66. The van der Waals surface area contributed by atoms with Crippen molar-refractivity contribution in [3.63, 3.8) is 0 Å². The Balaban J connectivity index is 1.61. The fraction of sp³-hybridized carbons (Fsp3) is 0.278. The summed E-state index contributed by atoms with van der Waals surface area (Å²) in [6.45, 7) is 1.06. The van der Waals surface area contributed by atoms with Crippen LogP contribution in [0.15, 0.2) is 47.3 Å². The number of carboxylic acids is 1. The second-order valence-corrected chi connectivity index (χ2v) is 6.17. The molecule has 7 heteroatoms. The second-order valence-electron chi connectivity index (χ2n) is 6.17. The minimum Gasteiger partial charge on any atom is -0.476 e. The predicted molar refractivity (Wildman–Crippen MR) is 88.7 cm³/mol. The van der Waals surface area contributed by atoms with Crippen LogP contribution in [0.25, 0.3) is 5.52 Å². The molecule has 0 aliphatic carbocycles. The minimum absolute atomic E-state index is 0.0631. The highest BCUT2D eigenvalue weighted by Gasteiger charge is 2.31. The summed E-state index contributed by atoms with van der Waals surface area (Å²) >= 11 is 0. The lowest BCUT2D eigenvalue weighted by Gasteiger charge is -2.32. The molecule has 3 aromatic heterocycles. The third kappa shape index (κ3) is 2.67. The highest BCUT2D eigenvalue weighted by Crippen LogP contribution is 2.30. The normalized spacial score (nSPS) is 17.8. The van der Waals surface area contributed by atoms with E-state index in [2.05, 4.69) is 4.98 Å². The van der Waals surface area contributed by atoms with E-state index in [1.807, 2.05) is 34.9 Å². The maximum absolute atomic E-state index is 13.0. The number of fused-ring (bicyclic) bond motifs is 1. The van der Waals surface area contributed by atoms with Crippen LogP contribution in [-0.2, 0) is 0 Å². The molecule has 128 valence electrons. The molecule has 1 aliphatic rings. The van der Waals surface area contributed by atoms with Crippen LogP contribution in [0.4, 0.5) is 0 Å². The summed E-state index contributed by atoms with van der Waals surface area (Å²) in [5.41, 5.74) is 1.49. The Hall–Kier alpha value is -3.09. The number of carboxylic acid groups (broad SMARTS) is 1. The molecule has 1 unspecified atom stereocenters. The molecule has 1 saturated heterocycles. The van der Waals surface area contributed by atoms with Gasteiger partial charge in [-0.1, -0.05) is 6.07 Å². The number of oxazole rings is 1. The van der Waals surface area contributed by atoms with Crippen LogP contribution in [0.5, 0.6) is 0 Å². The van der Waals surface area contributed by atoms with Gasteiger partial charge in [-0.05, 0) is 37.1 Å². The minimum atomic E-state index is -1.11. The molecule has 1 amide bonds. The molecule has 1 atom stereocenters. The lowest BCUT2D eigenvalue weighted by atomic mass is 9.94. The van der Waals surface area contributed by atoms with Crippen LogP contribution in [-0.4, -0.2) is 44.4 Å². The van der Waals surface area contributed by atoms with Crippen molar-refractivity contribution in [3.05, 3.63) is 60.1 Å². The summed E-state index contributed by atoms with van der Waals surface area (Å²) < 4.78 is 7.19. The van der Waals surface area contributed by atoms with Gasteiger partial charge in [0.05, 0.1) is 0 Å². The zero-order valence-corrected chi connectivity index (χ0v) is 13.5. The Kier molecular flexibility index (Phi) is 3.76. The number of carbonyl (C=O) groups excluding carboxylic acids is 1. The molecule has 1 aliphatic heterocycles. The van der Waals surface area contributed by atoms with E-state index in [1.165, 1.54) is 0 Å². The van der Waals surface area contributed by atoms with Gasteiger partial charge in [0.2, 0.25) is 0 Å². The van der Waals surface area contributed by atoms with Crippen LogP contribution in [0.3, 0.4) is 0 Å². The maximum Gasteiger partial charge on any atom is 0.358 e. The number of hydrogen-bond acceptors (Lipinski definition) is 4. The van der Waals surface area contributed by atoms with Gasteiger partial charge >= 0.3 is 5.97 Å². The molecule has 0 spiro atoms. The van der Waals surface area contributed by atoms with Gasteiger partial charge < -0.3 is 18.8 Å². The quantitative estimate of drug-likeness (QED) is 0.792. The molecule has 1 N–H and O–H groups in total. The van der Waals surface area contributed by atoms with Crippen molar-refractivity contribution in [2.24, 2.45) is 0 Å². The molecule has 4 rings (SSSR count). The van der Waals surface area contributed by atoms with Gasteiger partial charge in [0.15, 0.2) is 12.1 Å². The zero-order chi connectivity index (χ0) is 17.4. The number of aromatic nitrogens is 2. The summed E-state index contributed by atoms with van der Waals surface area (Å²) in [6.07, 6.45) is 4.58. The van der Waals surface area contributed by atoms with Gasteiger partial charge in [0.25, 0.3) is 5.91 Å². The average molecular weight is 339 g/mol. The van der Waals surface area contributed by atoms with E-state index in [0.29, 0.717) is 24.5 Å². The standard InChI is InChI=1S/C18H17N3O4/c22-17(14-7-1-5-13-6-3-9-21(13)14)20-8-2-4-12(10-20)16-15(18(23)24)19-11-25-16/h1,3,5-7,9,11-12H,2,4,8,10H2,(H,23,24). The first kappa shape index (κ1) is 15.4. The summed E-state index contributed by atoms with van der Waals surface area (Å²) in [6, 6.07) is 9.46. The van der Waals surface area contributed by atoms with Crippen LogP contribution in [0.1, 0.15) is 45.5 Å². The van der Waals surface area contributed by atoms with Gasteiger partial charge in [-0.15, -0.1) is 0 Å². The Labute approximate surface area is 143 Å². The van der Waals surface area contributed by atoms with Gasteiger partial charge in [-0.25, -0.2) is 9.78 Å². The second kappa shape index (κ2) is 6.08. The van der Waals surface area contributed by atoms with Crippen LogP contribution in [0.2, 0.25) is 0 Å². The van der Waals surface area contributed by atoms with Crippen molar-refractivity contribution in [2.75, 3.05) is 13.1 Å². The van der Waals surface area contributed by atoms with Crippen molar-refractivity contribution in [3.8, 4) is 0 Å². The van der Waals surface area contributed by atoms with E-state index in [4.69, 9.17) is 4.42 Å². The molecule has 0 aromatic carbocycles. The van der Waals surface area contributed by atoms with Crippen molar-refractivity contribution < 1.29 is 19.1 Å². The van der Waals surface area contributed by atoms with Crippen molar-refractivity contribution in [2.45, 2.75) is 18.8 Å². The summed E-state index contributed by atoms with van der Waals surface area (Å²) in [7, 11) is 0.